The largest absolute Gasteiger partial charge is 0.508 e. The monoisotopic (exact) mass is 393 g/mol. The van der Waals surface area contributed by atoms with Gasteiger partial charge >= 0.3 is 0 Å². The van der Waals surface area contributed by atoms with Crippen molar-refractivity contribution in [3.8, 4) is 5.75 Å². The standard InChI is InChI=1S/C22H27N5O2/c1-15-5-6-20(29)18(12-15)14-26-10-7-17(13-26)21-19-4-3-8-24-22(19)27(25-21)11-9-23-16(2)28/h3-6,8,12,17,29H,7,9-11,13-14H2,1-2H3,(H,23,28). The molecule has 1 amide bonds. The molecule has 1 aliphatic rings. The second-order valence-electron chi connectivity index (χ2n) is 7.82. The Morgan fingerprint density at radius 2 is 2.21 bits per heavy atom. The molecule has 1 saturated heterocycles. The smallest absolute Gasteiger partial charge is 0.216 e. The molecule has 1 fully saturated rings. The van der Waals surface area contributed by atoms with Crippen molar-refractivity contribution in [3.05, 3.63) is 53.3 Å². The summed E-state index contributed by atoms with van der Waals surface area (Å²) in [6.45, 7) is 7.31. The molecular formula is C22H27N5O2. The Kier molecular flexibility index (Phi) is 5.49. The Labute approximate surface area is 170 Å². The van der Waals surface area contributed by atoms with Gasteiger partial charge < -0.3 is 10.4 Å². The first kappa shape index (κ1) is 19.4. The Hall–Kier alpha value is -2.93. The first-order valence-corrected chi connectivity index (χ1v) is 10.1. The second kappa shape index (κ2) is 8.21. The lowest BCUT2D eigenvalue weighted by Gasteiger charge is -2.17. The molecule has 1 aliphatic heterocycles. The number of aromatic hydroxyl groups is 1. The number of hydrogen-bond acceptors (Lipinski definition) is 5. The van der Waals surface area contributed by atoms with Crippen LogP contribution in [0.3, 0.4) is 0 Å². The quantitative estimate of drug-likeness (QED) is 0.673. The van der Waals surface area contributed by atoms with Crippen molar-refractivity contribution in [2.45, 2.75) is 39.3 Å². The molecule has 2 aromatic heterocycles. The third-order valence-electron chi connectivity index (χ3n) is 5.52. The Morgan fingerprint density at radius 3 is 3.03 bits per heavy atom. The van der Waals surface area contributed by atoms with Gasteiger partial charge in [-0.2, -0.15) is 5.10 Å². The summed E-state index contributed by atoms with van der Waals surface area (Å²) in [6.07, 6.45) is 2.81. The molecule has 3 heterocycles. The van der Waals surface area contributed by atoms with Crippen molar-refractivity contribution in [2.75, 3.05) is 19.6 Å². The highest BCUT2D eigenvalue weighted by atomic mass is 16.3. The zero-order chi connectivity index (χ0) is 20.4. The molecule has 4 rings (SSSR count). The molecule has 152 valence electrons. The normalized spacial score (nSPS) is 17.1. The Morgan fingerprint density at radius 1 is 1.34 bits per heavy atom. The molecular weight excluding hydrogens is 366 g/mol. The lowest BCUT2D eigenvalue weighted by molar-refractivity contribution is -0.118. The summed E-state index contributed by atoms with van der Waals surface area (Å²) in [5, 5.41) is 18.9. The van der Waals surface area contributed by atoms with Gasteiger partial charge in [-0.15, -0.1) is 0 Å². The molecule has 29 heavy (non-hydrogen) atoms. The van der Waals surface area contributed by atoms with Gasteiger partial charge in [0.15, 0.2) is 5.65 Å². The van der Waals surface area contributed by atoms with E-state index in [4.69, 9.17) is 5.10 Å². The maximum atomic E-state index is 11.2. The van der Waals surface area contributed by atoms with Gasteiger partial charge in [0.25, 0.3) is 0 Å². The summed E-state index contributed by atoms with van der Waals surface area (Å²) in [6, 6.07) is 9.78. The van der Waals surface area contributed by atoms with Crippen molar-refractivity contribution in [2.24, 2.45) is 0 Å². The van der Waals surface area contributed by atoms with Crippen molar-refractivity contribution >= 4 is 16.9 Å². The number of rotatable bonds is 6. The number of aromatic nitrogens is 3. The van der Waals surface area contributed by atoms with E-state index in [-0.39, 0.29) is 5.91 Å². The molecule has 2 N–H and O–H groups in total. The van der Waals surface area contributed by atoms with Crippen LogP contribution >= 0.6 is 0 Å². The molecule has 0 radical (unpaired) electrons. The third kappa shape index (κ3) is 4.24. The van der Waals surface area contributed by atoms with Crippen LogP contribution in [0.5, 0.6) is 5.75 Å². The van der Waals surface area contributed by atoms with E-state index in [9.17, 15) is 9.90 Å². The van der Waals surface area contributed by atoms with Gasteiger partial charge in [0.2, 0.25) is 5.91 Å². The van der Waals surface area contributed by atoms with E-state index in [0.717, 1.165) is 53.9 Å². The van der Waals surface area contributed by atoms with Crippen LogP contribution in [-0.4, -0.2) is 50.3 Å². The number of fused-ring (bicyclic) bond motifs is 1. The number of aryl methyl sites for hydroxylation is 1. The molecule has 7 nitrogen and oxygen atoms in total. The fourth-order valence-electron chi connectivity index (χ4n) is 4.11. The number of benzene rings is 1. The predicted octanol–water partition coefficient (Wildman–Crippen LogP) is 2.57. The van der Waals surface area contributed by atoms with Gasteiger partial charge in [-0.25, -0.2) is 9.67 Å². The number of carbonyl (C=O) groups is 1. The summed E-state index contributed by atoms with van der Waals surface area (Å²) < 4.78 is 1.90. The summed E-state index contributed by atoms with van der Waals surface area (Å²) in [4.78, 5) is 18.1. The number of hydrogen-bond donors (Lipinski definition) is 2. The molecule has 3 aromatic rings. The van der Waals surface area contributed by atoms with Crippen LogP contribution in [0.4, 0.5) is 0 Å². The SMILES string of the molecule is CC(=O)NCCn1nc(C2CCN(Cc3cc(C)ccc3O)C2)c2cccnc21. The molecule has 1 unspecified atom stereocenters. The highest BCUT2D eigenvalue weighted by Crippen LogP contribution is 2.32. The van der Waals surface area contributed by atoms with Crippen molar-refractivity contribution < 1.29 is 9.90 Å². The van der Waals surface area contributed by atoms with Crippen molar-refractivity contribution in [1.82, 2.24) is 25.0 Å². The fraction of sp³-hybridized carbons (Fsp3) is 0.409. The van der Waals surface area contributed by atoms with E-state index in [1.165, 1.54) is 6.92 Å². The minimum Gasteiger partial charge on any atom is -0.508 e. The minimum atomic E-state index is -0.0412. The minimum absolute atomic E-state index is 0.0412. The number of pyridine rings is 1. The van der Waals surface area contributed by atoms with Crippen LogP contribution < -0.4 is 5.32 Å². The number of phenols is 1. The van der Waals surface area contributed by atoms with Gasteiger partial charge in [0.05, 0.1) is 12.2 Å². The number of nitrogens with one attached hydrogen (secondary N) is 1. The van der Waals surface area contributed by atoms with Crippen LogP contribution in [0.1, 0.15) is 36.1 Å². The molecule has 0 aliphatic carbocycles. The summed E-state index contributed by atoms with van der Waals surface area (Å²) >= 11 is 0. The highest BCUT2D eigenvalue weighted by Gasteiger charge is 2.28. The average molecular weight is 393 g/mol. The van der Waals surface area contributed by atoms with Gasteiger partial charge in [0.1, 0.15) is 5.75 Å². The predicted molar refractivity (Wildman–Crippen MR) is 112 cm³/mol. The summed E-state index contributed by atoms with van der Waals surface area (Å²) in [5.41, 5.74) is 4.07. The third-order valence-corrected chi connectivity index (χ3v) is 5.52. The number of amides is 1. The fourth-order valence-corrected chi connectivity index (χ4v) is 4.11. The van der Waals surface area contributed by atoms with Crippen LogP contribution in [0.15, 0.2) is 36.5 Å². The van der Waals surface area contributed by atoms with Crippen LogP contribution in [0, 0.1) is 6.92 Å². The van der Waals surface area contributed by atoms with Gasteiger partial charge in [-0.3, -0.25) is 9.69 Å². The zero-order valence-electron chi connectivity index (χ0n) is 16.9. The van der Waals surface area contributed by atoms with Crippen molar-refractivity contribution in [3.63, 3.8) is 0 Å². The molecule has 1 atom stereocenters. The molecule has 0 saturated carbocycles. The van der Waals surface area contributed by atoms with E-state index < -0.39 is 0 Å². The van der Waals surface area contributed by atoms with E-state index in [2.05, 4.69) is 27.3 Å². The second-order valence-corrected chi connectivity index (χ2v) is 7.82. The van der Waals surface area contributed by atoms with Gasteiger partial charge in [0, 0.05) is 49.6 Å². The lowest BCUT2D eigenvalue weighted by Crippen LogP contribution is -2.25. The molecule has 1 aromatic carbocycles. The van der Waals surface area contributed by atoms with Crippen LogP contribution in [0.2, 0.25) is 0 Å². The number of phenolic OH excluding ortho intramolecular Hbond substituents is 1. The highest BCUT2D eigenvalue weighted by molar-refractivity contribution is 5.79. The topological polar surface area (TPSA) is 83.3 Å². The summed E-state index contributed by atoms with van der Waals surface area (Å²) in [5.74, 6) is 0.645. The van der Waals surface area contributed by atoms with Gasteiger partial charge in [-0.1, -0.05) is 17.7 Å². The number of nitrogens with zero attached hydrogens (tertiary/aromatic N) is 4. The molecule has 7 heteroatoms. The number of likely N-dealkylation sites (tertiary alicyclic amines) is 1. The van der Waals surface area contributed by atoms with E-state index >= 15 is 0 Å². The van der Waals surface area contributed by atoms with E-state index in [1.807, 2.05) is 23.7 Å². The van der Waals surface area contributed by atoms with Crippen LogP contribution in [0.25, 0.3) is 11.0 Å². The first-order chi connectivity index (χ1) is 14.0. The molecule has 0 spiro atoms. The summed E-state index contributed by atoms with van der Waals surface area (Å²) in [7, 11) is 0. The number of carbonyl (C=O) groups excluding carboxylic acids is 1. The Balaban J connectivity index is 1.51. The van der Waals surface area contributed by atoms with Crippen LogP contribution in [-0.2, 0) is 17.9 Å². The van der Waals surface area contributed by atoms with Crippen molar-refractivity contribution in [1.29, 1.82) is 0 Å². The molecule has 0 bridgehead atoms. The zero-order valence-corrected chi connectivity index (χ0v) is 16.9. The average Bonchev–Trinajstić information content (AvgIpc) is 3.29. The Bertz CT molecular complexity index is 1030. The lowest BCUT2D eigenvalue weighted by atomic mass is 10.0. The first-order valence-electron chi connectivity index (χ1n) is 10.1. The maximum absolute atomic E-state index is 11.2. The van der Waals surface area contributed by atoms with E-state index in [1.54, 1.807) is 12.3 Å². The maximum Gasteiger partial charge on any atom is 0.216 e. The van der Waals surface area contributed by atoms with Gasteiger partial charge in [-0.05, 0) is 38.1 Å². The van der Waals surface area contributed by atoms with E-state index in [0.29, 0.717) is 24.8 Å².